The molecule has 0 saturated heterocycles. The highest BCUT2D eigenvalue weighted by atomic mass is 19.4. The summed E-state index contributed by atoms with van der Waals surface area (Å²) in [6.07, 6.45) is -23.2. The summed E-state index contributed by atoms with van der Waals surface area (Å²) in [5.41, 5.74) is 0. The Labute approximate surface area is 145 Å². The van der Waals surface area contributed by atoms with Gasteiger partial charge in [-0.15, -0.1) is 0 Å². The van der Waals surface area contributed by atoms with Crippen LogP contribution in [0.3, 0.4) is 0 Å². The van der Waals surface area contributed by atoms with E-state index in [4.69, 9.17) is 5.11 Å². The van der Waals surface area contributed by atoms with E-state index < -0.39 is 54.0 Å². The maximum absolute atomic E-state index is 13.0. The largest absolute Gasteiger partial charge is 0.477 e. The first-order chi connectivity index (χ1) is 12.2. The molecule has 0 saturated carbocycles. The van der Waals surface area contributed by atoms with Crippen LogP contribution in [-0.4, -0.2) is 59.1 Å². The molecule has 0 aromatic carbocycles. The number of rotatable bonds is 8. The Balaban J connectivity index is 6.42. The molecule has 20 heteroatoms. The lowest BCUT2D eigenvalue weighted by Crippen LogP contribution is -2.71. The molecule has 0 aromatic rings. The molecular formula is C9HF17O3. The van der Waals surface area contributed by atoms with Gasteiger partial charge in [0.15, 0.2) is 0 Å². The molecule has 174 valence electrons. The minimum Gasteiger partial charge on any atom is -0.477 e. The molecule has 0 spiro atoms. The summed E-state index contributed by atoms with van der Waals surface area (Å²) in [4.78, 5) is 9.77. The van der Waals surface area contributed by atoms with Gasteiger partial charge in [-0.3, -0.25) is 0 Å². The second-order valence-electron chi connectivity index (χ2n) is 4.81. The maximum atomic E-state index is 13.0. The van der Waals surface area contributed by atoms with Gasteiger partial charge in [-0.2, -0.15) is 74.6 Å². The fraction of sp³-hybridized carbons (Fsp3) is 0.889. The fourth-order valence-corrected chi connectivity index (χ4v) is 1.17. The number of carboxylic acid groups (broad SMARTS) is 1. The fourth-order valence-electron chi connectivity index (χ4n) is 1.17. The zero-order valence-electron chi connectivity index (χ0n) is 12.2. The Hall–Kier alpha value is -1.76. The molecule has 0 bridgehead atoms. The highest BCUT2D eigenvalue weighted by Crippen LogP contribution is 2.61. The van der Waals surface area contributed by atoms with E-state index >= 15 is 0 Å². The molecule has 0 aromatic heterocycles. The van der Waals surface area contributed by atoms with E-state index in [1.807, 2.05) is 0 Å². The predicted molar refractivity (Wildman–Crippen MR) is 49.4 cm³/mol. The van der Waals surface area contributed by atoms with Crippen LogP contribution in [0.25, 0.3) is 0 Å². The molecule has 3 nitrogen and oxygen atoms in total. The van der Waals surface area contributed by atoms with Crippen molar-refractivity contribution in [1.82, 2.24) is 0 Å². The molecular weight excluding hydrogens is 479 g/mol. The summed E-state index contributed by atoms with van der Waals surface area (Å²) in [6, 6.07) is 0. The highest BCUT2D eigenvalue weighted by Gasteiger charge is 2.92. The molecule has 29 heavy (non-hydrogen) atoms. The average Bonchev–Trinajstić information content (AvgIpc) is 2.43. The van der Waals surface area contributed by atoms with Crippen molar-refractivity contribution in [2.75, 3.05) is 0 Å². The second kappa shape index (κ2) is 6.62. The molecule has 0 unspecified atom stereocenters. The van der Waals surface area contributed by atoms with Gasteiger partial charge in [0.05, 0.1) is 0 Å². The number of hydrogen-bond donors (Lipinski definition) is 1. The van der Waals surface area contributed by atoms with Crippen molar-refractivity contribution < 1.29 is 89.3 Å². The van der Waals surface area contributed by atoms with Crippen LogP contribution in [0.2, 0.25) is 0 Å². The van der Waals surface area contributed by atoms with Crippen LogP contribution in [0, 0.1) is 0 Å². The number of carboxylic acids is 1. The first-order valence-electron chi connectivity index (χ1n) is 5.80. The van der Waals surface area contributed by atoms with E-state index in [1.54, 1.807) is 0 Å². The van der Waals surface area contributed by atoms with Gasteiger partial charge in [0, 0.05) is 0 Å². The Bertz CT molecular complexity index is 633. The highest BCUT2D eigenvalue weighted by molar-refractivity contribution is 5.76. The molecule has 0 amide bonds. The van der Waals surface area contributed by atoms with E-state index in [2.05, 4.69) is 0 Å². The Morgan fingerprint density at radius 3 is 1.10 bits per heavy atom. The van der Waals surface area contributed by atoms with Gasteiger partial charge in [-0.25, -0.2) is 9.53 Å². The summed E-state index contributed by atoms with van der Waals surface area (Å²) >= 11 is 0. The third-order valence-corrected chi connectivity index (χ3v) is 2.80. The lowest BCUT2D eigenvalue weighted by atomic mass is 9.97. The van der Waals surface area contributed by atoms with Crippen molar-refractivity contribution in [2.45, 2.75) is 48.0 Å². The molecule has 0 fully saturated rings. The van der Waals surface area contributed by atoms with Gasteiger partial charge < -0.3 is 5.11 Å². The van der Waals surface area contributed by atoms with Gasteiger partial charge in [0.2, 0.25) is 0 Å². The van der Waals surface area contributed by atoms with Gasteiger partial charge >= 0.3 is 54.0 Å². The normalized spacial score (nSPS) is 16.2. The van der Waals surface area contributed by atoms with Crippen molar-refractivity contribution in [2.24, 2.45) is 0 Å². The van der Waals surface area contributed by atoms with Crippen molar-refractivity contribution >= 4 is 5.97 Å². The minimum atomic E-state index is -8.59. The van der Waals surface area contributed by atoms with E-state index in [9.17, 15) is 79.4 Å². The Kier molecular flexibility index (Phi) is 6.22. The standard InChI is InChI=1S/C9HF17O3/c10-2(11,1(27)28)8(23,24)29-9(25,26)6(18,19)4(14,15)3(12,13)5(16,17)7(20,21)22/h(H,27,28). The maximum Gasteiger partial charge on any atom is 0.460 e. The molecule has 0 aliphatic heterocycles. The monoisotopic (exact) mass is 480 g/mol. The summed E-state index contributed by atoms with van der Waals surface area (Å²) in [5.74, 6) is -44.7. The number of alkyl halides is 17. The van der Waals surface area contributed by atoms with Crippen LogP contribution in [0.15, 0.2) is 0 Å². The summed E-state index contributed by atoms with van der Waals surface area (Å²) in [6.45, 7) is 0. The Morgan fingerprint density at radius 2 is 0.828 bits per heavy atom. The van der Waals surface area contributed by atoms with Crippen molar-refractivity contribution in [1.29, 1.82) is 0 Å². The minimum absolute atomic E-state index is 1.21. The predicted octanol–water partition coefficient (Wildman–Crippen LogP) is 5.01. The Morgan fingerprint density at radius 1 is 0.517 bits per heavy atom. The number of ether oxygens (including phenoxy) is 1. The molecule has 0 rings (SSSR count). The van der Waals surface area contributed by atoms with E-state index in [0.29, 0.717) is 0 Å². The third kappa shape index (κ3) is 3.74. The number of carbonyl (C=O) groups is 1. The van der Waals surface area contributed by atoms with Crippen molar-refractivity contribution in [3.05, 3.63) is 0 Å². The lowest BCUT2D eigenvalue weighted by Gasteiger charge is -2.40. The van der Waals surface area contributed by atoms with Crippen molar-refractivity contribution in [3.8, 4) is 0 Å². The first-order valence-corrected chi connectivity index (χ1v) is 5.80. The van der Waals surface area contributed by atoms with Crippen LogP contribution in [0.5, 0.6) is 0 Å². The smallest absolute Gasteiger partial charge is 0.460 e. The lowest BCUT2D eigenvalue weighted by molar-refractivity contribution is -0.505. The molecule has 0 radical (unpaired) electrons. The van der Waals surface area contributed by atoms with Gasteiger partial charge in [-0.1, -0.05) is 0 Å². The average molecular weight is 480 g/mol. The van der Waals surface area contributed by atoms with E-state index in [0.717, 1.165) is 0 Å². The molecule has 0 atom stereocenters. The number of aliphatic carboxylic acids is 1. The summed E-state index contributed by atoms with van der Waals surface area (Å²) < 4.78 is 215. The van der Waals surface area contributed by atoms with Crippen LogP contribution in [-0.2, 0) is 9.53 Å². The number of hydrogen-bond acceptors (Lipinski definition) is 2. The third-order valence-electron chi connectivity index (χ3n) is 2.80. The van der Waals surface area contributed by atoms with E-state index in [-0.39, 0.29) is 0 Å². The molecule has 0 heterocycles. The summed E-state index contributed by atoms with van der Waals surface area (Å²) in [7, 11) is 0. The second-order valence-corrected chi connectivity index (χ2v) is 4.81. The molecule has 0 aliphatic rings. The van der Waals surface area contributed by atoms with Crippen molar-refractivity contribution in [3.63, 3.8) is 0 Å². The summed E-state index contributed by atoms with van der Waals surface area (Å²) in [5, 5.41) is 7.63. The first kappa shape index (κ1) is 27.2. The topological polar surface area (TPSA) is 46.5 Å². The molecule has 1 N–H and O–H groups in total. The van der Waals surface area contributed by atoms with E-state index in [1.165, 1.54) is 4.74 Å². The zero-order chi connectivity index (χ0) is 24.3. The number of halogens is 17. The quantitative estimate of drug-likeness (QED) is 0.497. The zero-order valence-corrected chi connectivity index (χ0v) is 12.2. The van der Waals surface area contributed by atoms with Gasteiger partial charge in [0.1, 0.15) is 0 Å². The SMILES string of the molecule is O=C(O)C(F)(F)C(F)(F)OC(F)(F)C(F)(F)C(F)(F)C(F)(F)C(F)(F)C(F)(F)F. The van der Waals surface area contributed by atoms with Gasteiger partial charge in [0.25, 0.3) is 0 Å². The van der Waals surface area contributed by atoms with Crippen LogP contribution in [0.1, 0.15) is 0 Å². The molecule has 0 aliphatic carbocycles. The van der Waals surface area contributed by atoms with Crippen LogP contribution >= 0.6 is 0 Å². The van der Waals surface area contributed by atoms with Crippen LogP contribution < -0.4 is 0 Å². The van der Waals surface area contributed by atoms with Crippen LogP contribution in [0.4, 0.5) is 74.6 Å². The van der Waals surface area contributed by atoms with Gasteiger partial charge in [-0.05, 0) is 0 Å².